The van der Waals surface area contributed by atoms with Crippen molar-refractivity contribution in [2.75, 3.05) is 39.3 Å². The van der Waals surface area contributed by atoms with Crippen LogP contribution in [0.1, 0.15) is 65.5 Å². The third-order valence-electron chi connectivity index (χ3n) is 7.83. The first kappa shape index (κ1) is 26.5. The Bertz CT molecular complexity index is 663. The Labute approximate surface area is 200 Å². The van der Waals surface area contributed by atoms with Crippen LogP contribution in [0.4, 0.5) is 0 Å². The molecule has 2 saturated heterocycles. The predicted octanol–water partition coefficient (Wildman–Crippen LogP) is 5.07. The summed E-state index contributed by atoms with van der Waals surface area (Å²) in [4.78, 5) is 0. The molecule has 0 radical (unpaired) electrons. The molecule has 0 saturated carbocycles. The molecule has 2 heterocycles. The number of piperazine rings is 2. The number of nitrogens with one attached hydrogen (secondary N) is 4. The zero-order chi connectivity index (χ0) is 23.2. The van der Waals surface area contributed by atoms with E-state index in [4.69, 9.17) is 0 Å². The lowest BCUT2D eigenvalue weighted by molar-refractivity contribution is 0.472. The smallest absolute Gasteiger partial charge is 0.0413 e. The Morgan fingerprint density at radius 3 is 1.62 bits per heavy atom. The van der Waals surface area contributed by atoms with Crippen LogP contribution in [-0.2, 0) is 12.3 Å². The van der Waals surface area contributed by atoms with Gasteiger partial charge in [-0.15, -0.1) is 0 Å². The molecular weight excluding hydrogens is 430 g/mol. The Morgan fingerprint density at radius 1 is 0.750 bits per heavy atom. The van der Waals surface area contributed by atoms with Gasteiger partial charge in [-0.2, -0.15) is 0 Å². The maximum absolute atomic E-state index is 3.87. The fourth-order valence-corrected chi connectivity index (χ4v) is 12.0. The second-order valence-corrected chi connectivity index (χ2v) is 16.9. The molecule has 0 spiro atoms. The van der Waals surface area contributed by atoms with Crippen LogP contribution >= 0.6 is 15.8 Å². The molecule has 2 atom stereocenters. The van der Waals surface area contributed by atoms with Crippen LogP contribution in [0.15, 0.2) is 24.3 Å². The van der Waals surface area contributed by atoms with Gasteiger partial charge in [0.2, 0.25) is 0 Å². The van der Waals surface area contributed by atoms with E-state index in [0.717, 1.165) is 39.3 Å². The standard InChI is InChI=1S/C26H48N4P2/c1-7-25(3,4)32(26(5,6)8-2)20-22-12-10-9-11-21(22)19-31(23-17-27-13-15-29-23)24-18-28-14-16-30-24/h9-12,23-24,27-30H,7-8,13-20H2,1-6H3. The summed E-state index contributed by atoms with van der Waals surface area (Å²) in [6, 6.07) is 9.41. The van der Waals surface area contributed by atoms with Gasteiger partial charge < -0.3 is 21.3 Å². The monoisotopic (exact) mass is 478 g/mol. The van der Waals surface area contributed by atoms with Gasteiger partial charge in [-0.25, -0.2) is 0 Å². The van der Waals surface area contributed by atoms with Crippen LogP contribution in [0.3, 0.4) is 0 Å². The first-order valence-electron chi connectivity index (χ1n) is 12.8. The summed E-state index contributed by atoms with van der Waals surface area (Å²) in [7, 11) is -0.360. The van der Waals surface area contributed by atoms with E-state index in [2.05, 4.69) is 87.1 Å². The highest BCUT2D eigenvalue weighted by Crippen LogP contribution is 2.64. The van der Waals surface area contributed by atoms with E-state index in [9.17, 15) is 0 Å². The van der Waals surface area contributed by atoms with Crippen molar-refractivity contribution in [3.63, 3.8) is 0 Å². The van der Waals surface area contributed by atoms with Crippen molar-refractivity contribution in [2.24, 2.45) is 0 Å². The zero-order valence-electron chi connectivity index (χ0n) is 21.4. The Hall–Kier alpha value is -0.0800. The van der Waals surface area contributed by atoms with Gasteiger partial charge >= 0.3 is 0 Å². The fourth-order valence-electron chi connectivity index (χ4n) is 5.04. The van der Waals surface area contributed by atoms with E-state index >= 15 is 0 Å². The molecule has 1 aromatic rings. The Morgan fingerprint density at radius 2 is 1.22 bits per heavy atom. The summed E-state index contributed by atoms with van der Waals surface area (Å²) in [6.45, 7) is 21.4. The van der Waals surface area contributed by atoms with Crippen molar-refractivity contribution >= 4 is 15.8 Å². The van der Waals surface area contributed by atoms with E-state index in [-0.39, 0.29) is 15.8 Å². The summed E-state index contributed by atoms with van der Waals surface area (Å²) in [6.07, 6.45) is 4.98. The van der Waals surface area contributed by atoms with Crippen molar-refractivity contribution < 1.29 is 0 Å². The number of hydrogen-bond donors (Lipinski definition) is 4. The van der Waals surface area contributed by atoms with Crippen LogP contribution in [0, 0.1) is 0 Å². The van der Waals surface area contributed by atoms with Crippen molar-refractivity contribution in [2.45, 2.75) is 88.6 Å². The first-order valence-corrected chi connectivity index (χ1v) is 16.0. The summed E-state index contributed by atoms with van der Waals surface area (Å²) in [5.74, 6) is 1.18. The molecule has 0 aromatic heterocycles. The first-order chi connectivity index (χ1) is 15.3. The number of hydrogen-bond acceptors (Lipinski definition) is 4. The molecule has 0 bridgehead atoms. The minimum Gasteiger partial charge on any atom is -0.314 e. The van der Waals surface area contributed by atoms with Crippen LogP contribution in [0.5, 0.6) is 0 Å². The SMILES string of the molecule is CCC(C)(C)P(Cc1ccccc1CP(C1CNCCN1)C1CNCCN1)C(C)(C)CC. The van der Waals surface area contributed by atoms with Crippen molar-refractivity contribution in [1.29, 1.82) is 0 Å². The minimum absolute atomic E-state index is 0.143. The van der Waals surface area contributed by atoms with Crippen molar-refractivity contribution in [1.82, 2.24) is 21.3 Å². The zero-order valence-corrected chi connectivity index (χ0v) is 23.2. The van der Waals surface area contributed by atoms with E-state index < -0.39 is 0 Å². The normalized spacial score (nSPS) is 24.0. The van der Waals surface area contributed by atoms with Gasteiger partial charge in [-0.3, -0.25) is 0 Å². The van der Waals surface area contributed by atoms with Gasteiger partial charge in [0.1, 0.15) is 0 Å². The second-order valence-electron chi connectivity index (χ2n) is 10.7. The van der Waals surface area contributed by atoms with Gasteiger partial charge in [0.15, 0.2) is 0 Å². The predicted molar refractivity (Wildman–Crippen MR) is 146 cm³/mol. The van der Waals surface area contributed by atoms with Gasteiger partial charge in [0, 0.05) is 50.8 Å². The lowest BCUT2D eigenvalue weighted by atomic mass is 10.1. The molecular formula is C26H48N4P2. The molecule has 2 unspecified atom stereocenters. The van der Waals surface area contributed by atoms with Gasteiger partial charge in [0.25, 0.3) is 0 Å². The molecule has 2 fully saturated rings. The highest BCUT2D eigenvalue weighted by Gasteiger charge is 2.38. The quantitative estimate of drug-likeness (QED) is 0.355. The van der Waals surface area contributed by atoms with E-state index in [1.807, 2.05) is 0 Å². The third-order valence-corrected chi connectivity index (χ3v) is 15.1. The molecule has 0 amide bonds. The van der Waals surface area contributed by atoms with Gasteiger partial charge in [-0.1, -0.05) is 81.7 Å². The molecule has 2 aliphatic heterocycles. The maximum Gasteiger partial charge on any atom is 0.0413 e. The number of benzene rings is 1. The fraction of sp³-hybridized carbons (Fsp3) is 0.769. The molecule has 3 rings (SSSR count). The second kappa shape index (κ2) is 12.1. The highest BCUT2D eigenvalue weighted by molar-refractivity contribution is 7.60. The molecule has 0 aliphatic carbocycles. The van der Waals surface area contributed by atoms with Crippen LogP contribution in [-0.4, -0.2) is 61.1 Å². The van der Waals surface area contributed by atoms with Crippen LogP contribution in [0.2, 0.25) is 0 Å². The molecule has 32 heavy (non-hydrogen) atoms. The molecule has 4 N–H and O–H groups in total. The summed E-state index contributed by atoms with van der Waals surface area (Å²) in [5.41, 5.74) is 3.21. The van der Waals surface area contributed by atoms with E-state index in [1.165, 1.54) is 25.2 Å². The van der Waals surface area contributed by atoms with Gasteiger partial charge in [0.05, 0.1) is 0 Å². The van der Waals surface area contributed by atoms with Crippen molar-refractivity contribution in [3.8, 4) is 0 Å². The van der Waals surface area contributed by atoms with Crippen LogP contribution in [0.25, 0.3) is 0 Å². The lowest BCUT2D eigenvalue weighted by Crippen LogP contribution is -2.53. The maximum atomic E-state index is 3.87. The summed E-state index contributed by atoms with van der Waals surface area (Å²) >= 11 is 0. The molecule has 182 valence electrons. The van der Waals surface area contributed by atoms with E-state index in [0.29, 0.717) is 21.9 Å². The minimum atomic E-state index is -0.218. The molecule has 1 aromatic carbocycles. The van der Waals surface area contributed by atoms with Crippen molar-refractivity contribution in [3.05, 3.63) is 35.4 Å². The average molecular weight is 479 g/mol. The molecule has 6 heteroatoms. The third kappa shape index (κ3) is 6.74. The topological polar surface area (TPSA) is 48.1 Å². The largest absolute Gasteiger partial charge is 0.314 e. The average Bonchev–Trinajstić information content (AvgIpc) is 2.82. The molecule has 2 aliphatic rings. The molecule has 4 nitrogen and oxygen atoms in total. The van der Waals surface area contributed by atoms with Gasteiger partial charge in [-0.05, 0) is 46.6 Å². The lowest BCUT2D eigenvalue weighted by Gasteiger charge is -2.45. The van der Waals surface area contributed by atoms with Crippen LogP contribution < -0.4 is 21.3 Å². The highest BCUT2D eigenvalue weighted by atomic mass is 31.1. The summed E-state index contributed by atoms with van der Waals surface area (Å²) < 4.78 is 0. The Balaban J connectivity index is 1.87. The van der Waals surface area contributed by atoms with E-state index in [1.54, 1.807) is 11.1 Å². The summed E-state index contributed by atoms with van der Waals surface area (Å²) in [5, 5.41) is 15.8. The number of rotatable bonds is 10. The Kier molecular flexibility index (Phi) is 9.99.